The van der Waals surface area contributed by atoms with Crippen LogP contribution in [0.15, 0.2) is 41.0 Å². The van der Waals surface area contributed by atoms with E-state index in [1.807, 2.05) is 26.0 Å². The lowest BCUT2D eigenvalue weighted by molar-refractivity contribution is 0.246. The molecule has 0 spiro atoms. The number of aromatic nitrogens is 2. The third kappa shape index (κ3) is 3.45. The average Bonchev–Trinajstić information content (AvgIpc) is 3.22. The van der Waals surface area contributed by atoms with Crippen molar-refractivity contribution in [3.63, 3.8) is 0 Å². The summed E-state index contributed by atoms with van der Waals surface area (Å²) in [7, 11) is 0. The van der Waals surface area contributed by atoms with Gasteiger partial charge in [-0.15, -0.1) is 0 Å². The van der Waals surface area contributed by atoms with Crippen LogP contribution in [-0.2, 0) is 6.42 Å². The van der Waals surface area contributed by atoms with E-state index in [1.54, 1.807) is 23.1 Å². The highest BCUT2D eigenvalue weighted by atomic mass is 19.1. The van der Waals surface area contributed by atoms with Gasteiger partial charge in [-0.3, -0.25) is 0 Å². The Bertz CT molecular complexity index is 992. The zero-order chi connectivity index (χ0) is 19.0. The smallest absolute Gasteiger partial charge is 0.319 e. The fourth-order valence-electron chi connectivity index (χ4n) is 3.59. The molecule has 3 aromatic rings. The summed E-state index contributed by atoms with van der Waals surface area (Å²) in [4.78, 5) is 12.3. The van der Waals surface area contributed by atoms with Gasteiger partial charge in [-0.1, -0.05) is 0 Å². The van der Waals surface area contributed by atoms with E-state index >= 15 is 0 Å². The fourth-order valence-corrected chi connectivity index (χ4v) is 3.59. The summed E-state index contributed by atoms with van der Waals surface area (Å²) in [5.74, 6) is 0.473. The second kappa shape index (κ2) is 6.90. The molecule has 0 aliphatic heterocycles. The Morgan fingerprint density at radius 3 is 2.89 bits per heavy atom. The van der Waals surface area contributed by atoms with E-state index in [0.29, 0.717) is 11.4 Å². The summed E-state index contributed by atoms with van der Waals surface area (Å²) in [6, 6.07) is 7.89. The first kappa shape index (κ1) is 17.3. The van der Waals surface area contributed by atoms with Crippen LogP contribution in [0, 0.1) is 19.7 Å². The predicted octanol–water partition coefficient (Wildman–Crippen LogP) is 4.42. The third-order valence-corrected chi connectivity index (χ3v) is 4.80. The van der Waals surface area contributed by atoms with Crippen molar-refractivity contribution in [3.05, 3.63) is 65.1 Å². The normalized spacial score (nSPS) is 16.0. The van der Waals surface area contributed by atoms with E-state index in [0.717, 1.165) is 42.0 Å². The number of nitrogens with one attached hydrogen (secondary N) is 2. The van der Waals surface area contributed by atoms with Crippen LogP contribution in [0.3, 0.4) is 0 Å². The van der Waals surface area contributed by atoms with Crippen molar-refractivity contribution in [3.8, 4) is 5.69 Å². The van der Waals surface area contributed by atoms with Crippen molar-refractivity contribution in [2.75, 3.05) is 5.32 Å². The van der Waals surface area contributed by atoms with Gasteiger partial charge in [0.1, 0.15) is 11.4 Å². The standard InChI is InChI=1S/C20H21FN4O2/c1-12-10-13(2)25(24-12)18-7-6-14(11-16(18)21)22-20(26)23-17-4-3-5-19-15(17)8-9-27-19/h6-11,17H,3-5H2,1-2H3,(H2,22,23,26). The van der Waals surface area contributed by atoms with Crippen molar-refractivity contribution in [1.29, 1.82) is 0 Å². The first-order chi connectivity index (χ1) is 13.0. The quantitative estimate of drug-likeness (QED) is 0.719. The van der Waals surface area contributed by atoms with E-state index in [9.17, 15) is 9.18 Å². The van der Waals surface area contributed by atoms with Crippen molar-refractivity contribution in [2.24, 2.45) is 0 Å². The van der Waals surface area contributed by atoms with Crippen LogP contribution in [0.25, 0.3) is 5.69 Å². The van der Waals surface area contributed by atoms with Gasteiger partial charge in [0.05, 0.1) is 18.0 Å². The molecule has 140 valence electrons. The van der Waals surface area contributed by atoms with Gasteiger partial charge >= 0.3 is 6.03 Å². The summed E-state index contributed by atoms with van der Waals surface area (Å²) < 4.78 is 21.5. The van der Waals surface area contributed by atoms with E-state index in [2.05, 4.69) is 15.7 Å². The minimum Gasteiger partial charge on any atom is -0.469 e. The lowest BCUT2D eigenvalue weighted by Crippen LogP contribution is -2.34. The zero-order valence-corrected chi connectivity index (χ0v) is 15.3. The molecule has 1 aliphatic carbocycles. The molecule has 0 radical (unpaired) electrons. The monoisotopic (exact) mass is 368 g/mol. The highest BCUT2D eigenvalue weighted by molar-refractivity contribution is 5.89. The van der Waals surface area contributed by atoms with Crippen molar-refractivity contribution < 1.29 is 13.6 Å². The van der Waals surface area contributed by atoms with Crippen molar-refractivity contribution >= 4 is 11.7 Å². The maximum Gasteiger partial charge on any atom is 0.319 e. The van der Waals surface area contributed by atoms with Gasteiger partial charge < -0.3 is 15.1 Å². The zero-order valence-electron chi connectivity index (χ0n) is 15.3. The molecule has 0 fully saturated rings. The molecule has 7 heteroatoms. The number of halogens is 1. The van der Waals surface area contributed by atoms with Crippen LogP contribution in [0.1, 0.15) is 41.6 Å². The van der Waals surface area contributed by atoms with Crippen LogP contribution >= 0.6 is 0 Å². The molecule has 1 aliphatic rings. The predicted molar refractivity (Wildman–Crippen MR) is 99.5 cm³/mol. The number of benzene rings is 1. The molecular weight excluding hydrogens is 347 g/mol. The Kier molecular flexibility index (Phi) is 4.43. The van der Waals surface area contributed by atoms with Crippen LogP contribution in [0.2, 0.25) is 0 Å². The highest BCUT2D eigenvalue weighted by Gasteiger charge is 2.24. The highest BCUT2D eigenvalue weighted by Crippen LogP contribution is 2.30. The molecule has 2 amide bonds. The molecule has 1 aromatic carbocycles. The van der Waals surface area contributed by atoms with Gasteiger partial charge in [0.15, 0.2) is 5.82 Å². The van der Waals surface area contributed by atoms with E-state index in [1.165, 1.54) is 6.07 Å². The number of urea groups is 1. The molecular formula is C20H21FN4O2. The van der Waals surface area contributed by atoms with Crippen LogP contribution in [0.4, 0.5) is 14.9 Å². The van der Waals surface area contributed by atoms with Gasteiger partial charge in [-0.2, -0.15) is 5.10 Å². The number of amides is 2. The Labute approximate surface area is 156 Å². The van der Waals surface area contributed by atoms with E-state index in [4.69, 9.17) is 4.42 Å². The molecule has 1 atom stereocenters. The van der Waals surface area contributed by atoms with Crippen molar-refractivity contribution in [2.45, 2.75) is 39.2 Å². The Morgan fingerprint density at radius 1 is 1.30 bits per heavy atom. The Hall–Kier alpha value is -3.09. The first-order valence-electron chi connectivity index (χ1n) is 8.98. The van der Waals surface area contributed by atoms with Gasteiger partial charge in [0.2, 0.25) is 0 Å². The summed E-state index contributed by atoms with van der Waals surface area (Å²) in [6.45, 7) is 3.73. The molecule has 4 rings (SSSR count). The molecule has 0 saturated heterocycles. The second-order valence-corrected chi connectivity index (χ2v) is 6.85. The van der Waals surface area contributed by atoms with Gasteiger partial charge in [-0.25, -0.2) is 13.9 Å². The maximum atomic E-state index is 14.5. The van der Waals surface area contributed by atoms with Gasteiger partial charge in [0.25, 0.3) is 0 Å². The average molecular weight is 368 g/mol. The number of nitrogens with zero attached hydrogens (tertiary/aromatic N) is 2. The molecule has 6 nitrogen and oxygen atoms in total. The summed E-state index contributed by atoms with van der Waals surface area (Å²) >= 11 is 0. The number of carbonyl (C=O) groups excluding carboxylic acids is 1. The minimum atomic E-state index is -0.450. The molecule has 0 bridgehead atoms. The molecule has 27 heavy (non-hydrogen) atoms. The SMILES string of the molecule is Cc1cc(C)n(-c2ccc(NC(=O)NC3CCCc4occc43)cc2F)n1. The third-order valence-electron chi connectivity index (χ3n) is 4.80. The van der Waals surface area contributed by atoms with Crippen LogP contribution in [-0.4, -0.2) is 15.8 Å². The van der Waals surface area contributed by atoms with Crippen LogP contribution < -0.4 is 10.6 Å². The maximum absolute atomic E-state index is 14.5. The Balaban J connectivity index is 1.47. The number of aryl methyl sites for hydroxylation is 3. The summed E-state index contributed by atoms with van der Waals surface area (Å²) in [6.07, 6.45) is 4.35. The Morgan fingerprint density at radius 2 is 2.15 bits per heavy atom. The van der Waals surface area contributed by atoms with Crippen LogP contribution in [0.5, 0.6) is 0 Å². The fraction of sp³-hybridized carbons (Fsp3) is 0.300. The number of hydrogen-bond donors (Lipinski definition) is 2. The molecule has 0 saturated carbocycles. The summed E-state index contributed by atoms with van der Waals surface area (Å²) in [5, 5.41) is 9.93. The number of fused-ring (bicyclic) bond motifs is 1. The second-order valence-electron chi connectivity index (χ2n) is 6.85. The number of anilines is 1. The number of carbonyl (C=O) groups is 1. The van der Waals surface area contributed by atoms with E-state index in [-0.39, 0.29) is 12.1 Å². The number of furan rings is 1. The minimum absolute atomic E-state index is 0.0914. The van der Waals surface area contributed by atoms with Crippen molar-refractivity contribution in [1.82, 2.24) is 15.1 Å². The molecule has 2 aromatic heterocycles. The van der Waals surface area contributed by atoms with Gasteiger partial charge in [-0.05, 0) is 57.0 Å². The molecule has 2 heterocycles. The number of hydrogen-bond acceptors (Lipinski definition) is 3. The topological polar surface area (TPSA) is 72.1 Å². The number of rotatable bonds is 3. The van der Waals surface area contributed by atoms with E-state index < -0.39 is 5.82 Å². The summed E-state index contributed by atoms with van der Waals surface area (Å²) in [5.41, 5.74) is 3.42. The molecule has 1 unspecified atom stereocenters. The lowest BCUT2D eigenvalue weighted by Gasteiger charge is -2.23. The lowest BCUT2D eigenvalue weighted by atomic mass is 9.93. The van der Waals surface area contributed by atoms with Gasteiger partial charge in [0, 0.05) is 23.4 Å². The largest absolute Gasteiger partial charge is 0.469 e. The molecule has 2 N–H and O–H groups in total. The first-order valence-corrected chi connectivity index (χ1v) is 8.98.